The van der Waals surface area contributed by atoms with E-state index in [0.29, 0.717) is 5.75 Å². The van der Waals surface area contributed by atoms with Gasteiger partial charge < -0.3 is 5.11 Å². The maximum atomic E-state index is 10.7. The second-order valence-corrected chi connectivity index (χ2v) is 5.60. The maximum Gasteiger partial charge on any atom is 0.124 e. The van der Waals surface area contributed by atoms with Crippen molar-refractivity contribution in [2.45, 2.75) is 0 Å². The van der Waals surface area contributed by atoms with Gasteiger partial charge in [0.05, 0.1) is 0 Å². The van der Waals surface area contributed by atoms with Crippen LogP contribution in [0.5, 0.6) is 5.75 Å². The fraction of sp³-hybridized carbons (Fsp3) is 0. The van der Waals surface area contributed by atoms with E-state index in [9.17, 15) is 5.11 Å². The molecule has 0 atom stereocenters. The highest BCUT2D eigenvalue weighted by molar-refractivity contribution is 6.07. The molecule has 1 nitrogen and oxygen atoms in total. The number of phenolic OH excluding ortho intramolecular Hbond substituents is 1. The van der Waals surface area contributed by atoms with Crippen molar-refractivity contribution in [1.29, 1.82) is 0 Å². The standard InChI is InChI=1S/C22H16O/c23-21-15-20(16-9-3-1-4-10-16)18-13-7-8-14-19(18)22(21)17-11-5-2-6-12-17/h1-15,23H. The van der Waals surface area contributed by atoms with Gasteiger partial charge in [-0.3, -0.25) is 0 Å². The van der Waals surface area contributed by atoms with Crippen LogP contribution in [0.25, 0.3) is 33.0 Å². The summed E-state index contributed by atoms with van der Waals surface area (Å²) in [5, 5.41) is 12.9. The van der Waals surface area contributed by atoms with Crippen LogP contribution in [0.1, 0.15) is 0 Å². The Bertz CT molecular complexity index is 957. The predicted octanol–water partition coefficient (Wildman–Crippen LogP) is 5.88. The fourth-order valence-corrected chi connectivity index (χ4v) is 3.13. The zero-order valence-corrected chi connectivity index (χ0v) is 12.6. The summed E-state index contributed by atoms with van der Waals surface area (Å²) < 4.78 is 0. The summed E-state index contributed by atoms with van der Waals surface area (Å²) in [5.41, 5.74) is 4.08. The molecule has 110 valence electrons. The van der Waals surface area contributed by atoms with Crippen molar-refractivity contribution in [2.75, 3.05) is 0 Å². The average molecular weight is 296 g/mol. The predicted molar refractivity (Wildman–Crippen MR) is 96.5 cm³/mol. The summed E-state index contributed by atoms with van der Waals surface area (Å²) in [7, 11) is 0. The molecule has 0 unspecified atom stereocenters. The van der Waals surface area contributed by atoms with Crippen LogP contribution in [0.3, 0.4) is 0 Å². The van der Waals surface area contributed by atoms with Crippen molar-refractivity contribution in [1.82, 2.24) is 0 Å². The first kappa shape index (κ1) is 13.6. The quantitative estimate of drug-likeness (QED) is 0.490. The third-order valence-corrected chi connectivity index (χ3v) is 4.17. The second-order valence-electron chi connectivity index (χ2n) is 5.60. The van der Waals surface area contributed by atoms with Crippen LogP contribution in [-0.2, 0) is 0 Å². The lowest BCUT2D eigenvalue weighted by Gasteiger charge is -2.14. The topological polar surface area (TPSA) is 20.2 Å². The van der Waals surface area contributed by atoms with Crippen LogP contribution in [0.15, 0.2) is 91.0 Å². The van der Waals surface area contributed by atoms with E-state index in [1.54, 1.807) is 0 Å². The summed E-state index contributed by atoms with van der Waals surface area (Å²) in [4.78, 5) is 0. The van der Waals surface area contributed by atoms with Gasteiger partial charge in [-0.05, 0) is 33.5 Å². The van der Waals surface area contributed by atoms with Crippen LogP contribution < -0.4 is 0 Å². The van der Waals surface area contributed by atoms with Crippen LogP contribution in [0.2, 0.25) is 0 Å². The average Bonchev–Trinajstić information content (AvgIpc) is 2.62. The van der Waals surface area contributed by atoms with Crippen molar-refractivity contribution in [2.24, 2.45) is 0 Å². The Morgan fingerprint density at radius 2 is 1.04 bits per heavy atom. The molecule has 0 saturated carbocycles. The molecule has 0 fully saturated rings. The van der Waals surface area contributed by atoms with Crippen LogP contribution in [0, 0.1) is 0 Å². The van der Waals surface area contributed by atoms with Gasteiger partial charge in [-0.15, -0.1) is 0 Å². The highest BCUT2D eigenvalue weighted by atomic mass is 16.3. The minimum atomic E-state index is 0.314. The Balaban J connectivity index is 2.07. The Labute approximate surface area is 135 Å². The molecule has 23 heavy (non-hydrogen) atoms. The first-order valence-electron chi connectivity index (χ1n) is 7.70. The molecular weight excluding hydrogens is 280 g/mol. The van der Waals surface area contributed by atoms with Crippen LogP contribution >= 0.6 is 0 Å². The zero-order valence-electron chi connectivity index (χ0n) is 12.6. The van der Waals surface area contributed by atoms with E-state index in [1.807, 2.05) is 66.7 Å². The smallest absolute Gasteiger partial charge is 0.124 e. The molecule has 4 rings (SSSR count). The van der Waals surface area contributed by atoms with Crippen molar-refractivity contribution in [3.63, 3.8) is 0 Å². The monoisotopic (exact) mass is 296 g/mol. The Hall–Kier alpha value is -3.06. The molecule has 0 aliphatic carbocycles. The summed E-state index contributed by atoms with van der Waals surface area (Å²) >= 11 is 0. The first-order valence-corrected chi connectivity index (χ1v) is 7.70. The number of benzene rings is 4. The van der Waals surface area contributed by atoms with E-state index in [-0.39, 0.29) is 0 Å². The largest absolute Gasteiger partial charge is 0.507 e. The third kappa shape index (κ3) is 2.36. The number of phenols is 1. The summed E-state index contributed by atoms with van der Waals surface area (Å²) in [6.07, 6.45) is 0. The van der Waals surface area contributed by atoms with Gasteiger partial charge in [0, 0.05) is 5.56 Å². The number of hydrogen-bond donors (Lipinski definition) is 1. The highest BCUT2D eigenvalue weighted by Crippen LogP contribution is 2.41. The van der Waals surface area contributed by atoms with Gasteiger partial charge in [0.1, 0.15) is 5.75 Å². The molecule has 0 aliphatic rings. The SMILES string of the molecule is Oc1cc(-c2ccccc2)c2ccccc2c1-c1ccccc1. The number of rotatable bonds is 2. The minimum absolute atomic E-state index is 0.314. The van der Waals surface area contributed by atoms with E-state index < -0.39 is 0 Å². The van der Waals surface area contributed by atoms with Crippen molar-refractivity contribution >= 4 is 10.8 Å². The maximum absolute atomic E-state index is 10.7. The molecule has 0 aliphatic heterocycles. The molecule has 1 N–H and O–H groups in total. The van der Waals surface area contributed by atoms with Gasteiger partial charge >= 0.3 is 0 Å². The number of hydrogen-bond acceptors (Lipinski definition) is 1. The Morgan fingerprint density at radius 3 is 1.70 bits per heavy atom. The van der Waals surface area contributed by atoms with E-state index in [1.165, 1.54) is 0 Å². The van der Waals surface area contributed by atoms with E-state index >= 15 is 0 Å². The molecule has 0 saturated heterocycles. The molecule has 4 aromatic rings. The summed E-state index contributed by atoms with van der Waals surface area (Å²) in [5.74, 6) is 0.314. The third-order valence-electron chi connectivity index (χ3n) is 4.17. The Morgan fingerprint density at radius 1 is 0.522 bits per heavy atom. The molecule has 0 bridgehead atoms. The molecule has 0 heterocycles. The second kappa shape index (κ2) is 5.62. The van der Waals surface area contributed by atoms with Crippen molar-refractivity contribution in [3.8, 4) is 28.0 Å². The molecular formula is C22H16O. The van der Waals surface area contributed by atoms with Gasteiger partial charge in [-0.1, -0.05) is 84.9 Å². The Kier molecular flexibility index (Phi) is 3.32. The molecule has 4 aromatic carbocycles. The van der Waals surface area contributed by atoms with E-state index in [0.717, 1.165) is 33.0 Å². The van der Waals surface area contributed by atoms with E-state index in [4.69, 9.17) is 0 Å². The molecule has 1 heteroatoms. The van der Waals surface area contributed by atoms with Crippen LogP contribution in [-0.4, -0.2) is 5.11 Å². The lowest BCUT2D eigenvalue weighted by Crippen LogP contribution is -1.87. The van der Waals surface area contributed by atoms with Gasteiger partial charge in [0.2, 0.25) is 0 Å². The van der Waals surface area contributed by atoms with E-state index in [2.05, 4.69) is 24.3 Å². The lowest BCUT2D eigenvalue weighted by molar-refractivity contribution is 0.478. The normalized spacial score (nSPS) is 10.8. The van der Waals surface area contributed by atoms with Gasteiger partial charge in [-0.2, -0.15) is 0 Å². The van der Waals surface area contributed by atoms with Crippen molar-refractivity contribution in [3.05, 3.63) is 91.0 Å². The zero-order chi connectivity index (χ0) is 15.6. The molecule has 0 aromatic heterocycles. The summed E-state index contributed by atoms with van der Waals surface area (Å²) in [6.45, 7) is 0. The molecule has 0 spiro atoms. The van der Waals surface area contributed by atoms with Crippen molar-refractivity contribution < 1.29 is 5.11 Å². The molecule has 0 amide bonds. The van der Waals surface area contributed by atoms with Crippen LogP contribution in [0.4, 0.5) is 0 Å². The van der Waals surface area contributed by atoms with Gasteiger partial charge in [0.15, 0.2) is 0 Å². The first-order chi connectivity index (χ1) is 11.3. The van der Waals surface area contributed by atoms with Gasteiger partial charge in [-0.25, -0.2) is 0 Å². The van der Waals surface area contributed by atoms with Gasteiger partial charge in [0.25, 0.3) is 0 Å². The minimum Gasteiger partial charge on any atom is -0.507 e. The molecule has 0 radical (unpaired) electrons. The summed E-state index contributed by atoms with van der Waals surface area (Å²) in [6, 6.07) is 30.4. The number of aromatic hydroxyl groups is 1. The number of fused-ring (bicyclic) bond motifs is 1. The lowest BCUT2D eigenvalue weighted by atomic mass is 9.91. The highest BCUT2D eigenvalue weighted by Gasteiger charge is 2.13. The fourth-order valence-electron chi connectivity index (χ4n) is 3.13.